The van der Waals surface area contributed by atoms with E-state index in [2.05, 4.69) is 16.7 Å². The van der Waals surface area contributed by atoms with E-state index < -0.39 is 56.5 Å². The minimum absolute atomic E-state index is 0.00324. The van der Waals surface area contributed by atoms with Crippen LogP contribution >= 0.6 is 23.2 Å². The van der Waals surface area contributed by atoms with Crippen LogP contribution in [0.2, 0.25) is 10.0 Å². The maximum Gasteiger partial charge on any atom is 0.238 e. The molecule has 2 aliphatic heterocycles. The van der Waals surface area contributed by atoms with Crippen LogP contribution in [0.15, 0.2) is 36.4 Å². The predicted octanol–water partition coefficient (Wildman–Crippen LogP) is 5.52. The molecule has 228 valence electrons. The lowest BCUT2D eigenvalue weighted by Gasteiger charge is -2.40. The minimum atomic E-state index is -3.38. The smallest absolute Gasteiger partial charge is 0.238 e. The fraction of sp³-hybridized carbons (Fsp3) is 0.533. The van der Waals surface area contributed by atoms with Crippen LogP contribution in [0.4, 0.5) is 8.78 Å². The zero-order valence-electron chi connectivity index (χ0n) is 24.3. The third-order valence-electron chi connectivity index (χ3n) is 8.45. The van der Waals surface area contributed by atoms with E-state index in [1.165, 1.54) is 34.6 Å². The molecule has 12 heteroatoms. The molecule has 4 rings (SSSR count). The van der Waals surface area contributed by atoms with Crippen LogP contribution < -0.4 is 10.6 Å². The highest BCUT2D eigenvalue weighted by Crippen LogP contribution is 2.53. The van der Waals surface area contributed by atoms with Crippen molar-refractivity contribution in [3.63, 3.8) is 0 Å². The molecule has 1 amide bonds. The van der Waals surface area contributed by atoms with E-state index in [1.807, 2.05) is 27.7 Å². The molecule has 0 bridgehead atoms. The second-order valence-electron chi connectivity index (χ2n) is 12.9. The van der Waals surface area contributed by atoms with Gasteiger partial charge in [-0.2, -0.15) is 5.26 Å². The number of hydrogen-bond donors (Lipinski definition) is 2. The van der Waals surface area contributed by atoms with Crippen LogP contribution in [0.5, 0.6) is 0 Å². The zero-order chi connectivity index (χ0) is 31.3. The summed E-state index contributed by atoms with van der Waals surface area (Å²) in [7, 11) is -3.38. The van der Waals surface area contributed by atoms with Crippen LogP contribution in [-0.2, 0) is 20.2 Å². The standard InChI is InChI=1S/C30H36Cl2F2N4O3S/c1-28(2,3)16-23-30(17-35,20-10-9-18(31)15-22(20)33)24(19-7-6-8-21(32)25(19)34)26(36-23)27(39)37-29(4)11-13-38(14-12-29)42(5,40)41/h6-10,15,23-24,26,36H,11-14,16H2,1-5H3,(H,37,39)/t23-,24-,26+,30-/m0/s1. The van der Waals surface area contributed by atoms with Crippen molar-refractivity contribution in [3.05, 3.63) is 69.2 Å². The molecule has 0 radical (unpaired) electrons. The Morgan fingerprint density at radius 1 is 1.19 bits per heavy atom. The van der Waals surface area contributed by atoms with Gasteiger partial charge in [-0.3, -0.25) is 4.79 Å². The molecule has 0 spiro atoms. The molecule has 2 heterocycles. The predicted molar refractivity (Wildman–Crippen MR) is 160 cm³/mol. The number of hydrogen-bond acceptors (Lipinski definition) is 5. The minimum Gasteiger partial charge on any atom is -0.349 e. The SMILES string of the molecule is CC(C)(C)C[C@@H]1N[C@@H](C(=O)NC2(C)CCN(S(C)(=O)=O)CC2)[C@H](c2cccc(Cl)c2F)[C@@]1(C#N)c1ccc(Cl)cc1F. The van der Waals surface area contributed by atoms with Crippen molar-refractivity contribution in [2.24, 2.45) is 5.41 Å². The Hall–Kier alpha value is -2.29. The first-order chi connectivity index (χ1) is 19.4. The summed E-state index contributed by atoms with van der Waals surface area (Å²) in [6.45, 7) is 8.18. The largest absolute Gasteiger partial charge is 0.349 e. The van der Waals surface area contributed by atoms with Crippen molar-refractivity contribution >= 4 is 39.1 Å². The number of amides is 1. The molecule has 4 atom stereocenters. The monoisotopic (exact) mass is 640 g/mol. The molecule has 2 aromatic rings. The summed E-state index contributed by atoms with van der Waals surface area (Å²) >= 11 is 12.3. The van der Waals surface area contributed by atoms with Crippen LogP contribution in [0.3, 0.4) is 0 Å². The number of carbonyl (C=O) groups is 1. The fourth-order valence-corrected chi connectivity index (χ4v) is 7.55. The maximum atomic E-state index is 15.8. The Bertz CT molecular complexity index is 1520. The van der Waals surface area contributed by atoms with Crippen molar-refractivity contribution in [1.29, 1.82) is 5.26 Å². The molecule has 42 heavy (non-hydrogen) atoms. The van der Waals surface area contributed by atoms with Gasteiger partial charge in [0.15, 0.2) is 0 Å². The number of halogens is 4. The lowest BCUT2D eigenvalue weighted by molar-refractivity contribution is -0.125. The second kappa shape index (κ2) is 11.7. The molecule has 7 nitrogen and oxygen atoms in total. The average molecular weight is 642 g/mol. The molecule has 0 aliphatic carbocycles. The summed E-state index contributed by atoms with van der Waals surface area (Å²) in [5.74, 6) is -3.20. The molecule has 2 N–H and O–H groups in total. The molecular formula is C30H36Cl2F2N4O3S. The number of rotatable bonds is 6. The lowest BCUT2D eigenvalue weighted by Crippen LogP contribution is -2.58. The first-order valence-electron chi connectivity index (χ1n) is 13.8. The maximum absolute atomic E-state index is 15.8. The van der Waals surface area contributed by atoms with Crippen LogP contribution in [0.25, 0.3) is 0 Å². The van der Waals surface area contributed by atoms with Crippen molar-refractivity contribution in [2.75, 3.05) is 19.3 Å². The van der Waals surface area contributed by atoms with E-state index >= 15 is 8.78 Å². The first-order valence-corrected chi connectivity index (χ1v) is 16.4. The molecule has 2 aliphatic rings. The van der Waals surface area contributed by atoms with Crippen molar-refractivity contribution in [3.8, 4) is 6.07 Å². The molecule has 2 aromatic carbocycles. The molecule has 0 saturated carbocycles. The lowest BCUT2D eigenvalue weighted by atomic mass is 9.62. The highest BCUT2D eigenvalue weighted by molar-refractivity contribution is 7.88. The van der Waals surface area contributed by atoms with Gasteiger partial charge in [-0.15, -0.1) is 0 Å². The third-order valence-corrected chi connectivity index (χ3v) is 10.3. The van der Waals surface area contributed by atoms with E-state index in [-0.39, 0.29) is 39.7 Å². The Balaban J connectivity index is 1.86. The van der Waals surface area contributed by atoms with Crippen LogP contribution in [-0.4, -0.2) is 55.6 Å². The van der Waals surface area contributed by atoms with Gasteiger partial charge >= 0.3 is 0 Å². The third kappa shape index (κ3) is 6.31. The van der Waals surface area contributed by atoms with Crippen molar-refractivity contribution < 1.29 is 22.0 Å². The van der Waals surface area contributed by atoms with Gasteiger partial charge in [0.1, 0.15) is 17.0 Å². The van der Waals surface area contributed by atoms with Gasteiger partial charge in [-0.1, -0.05) is 62.2 Å². The van der Waals surface area contributed by atoms with Gasteiger partial charge in [0, 0.05) is 41.2 Å². The zero-order valence-corrected chi connectivity index (χ0v) is 26.6. The highest BCUT2D eigenvalue weighted by Gasteiger charge is 2.61. The van der Waals surface area contributed by atoms with Crippen molar-refractivity contribution in [2.45, 2.75) is 75.9 Å². The van der Waals surface area contributed by atoms with Crippen molar-refractivity contribution in [1.82, 2.24) is 14.9 Å². The second-order valence-corrected chi connectivity index (χ2v) is 15.7. The summed E-state index contributed by atoms with van der Waals surface area (Å²) < 4.78 is 57.0. The van der Waals surface area contributed by atoms with E-state index in [1.54, 1.807) is 0 Å². The summed E-state index contributed by atoms with van der Waals surface area (Å²) in [5, 5.41) is 17.3. The summed E-state index contributed by atoms with van der Waals surface area (Å²) in [5.41, 5.74) is -2.84. The van der Waals surface area contributed by atoms with E-state index in [9.17, 15) is 18.5 Å². The summed E-state index contributed by atoms with van der Waals surface area (Å²) in [6, 6.07) is 8.81. The number of nitrogens with one attached hydrogen (secondary N) is 2. The number of benzene rings is 2. The molecule has 0 aromatic heterocycles. The first kappa shape index (κ1) is 32.6. The Kier molecular flexibility index (Phi) is 9.06. The molecular weight excluding hydrogens is 605 g/mol. The Labute approximate surface area is 256 Å². The van der Waals surface area contributed by atoms with Gasteiger partial charge < -0.3 is 10.6 Å². The summed E-state index contributed by atoms with van der Waals surface area (Å²) in [4.78, 5) is 14.2. The van der Waals surface area contributed by atoms with Crippen LogP contribution in [0, 0.1) is 28.4 Å². The highest BCUT2D eigenvalue weighted by atomic mass is 35.5. The molecule has 2 saturated heterocycles. The average Bonchev–Trinajstić information content (AvgIpc) is 3.18. The fourth-order valence-electron chi connectivity index (χ4n) is 6.37. The van der Waals surface area contributed by atoms with E-state index in [0.717, 1.165) is 12.3 Å². The normalized spacial score (nSPS) is 26.5. The van der Waals surface area contributed by atoms with E-state index in [4.69, 9.17) is 23.2 Å². The number of carbonyl (C=O) groups excluding carboxylic acids is 1. The molecule has 2 fully saturated rings. The number of piperidine rings is 1. The van der Waals surface area contributed by atoms with Gasteiger partial charge in [0.2, 0.25) is 15.9 Å². The quantitative estimate of drug-likeness (QED) is 0.433. The van der Waals surface area contributed by atoms with Gasteiger partial charge in [-0.05, 0) is 55.4 Å². The van der Waals surface area contributed by atoms with Gasteiger partial charge in [0.25, 0.3) is 0 Å². The number of nitriles is 1. The molecule has 0 unspecified atom stereocenters. The number of sulfonamides is 1. The summed E-state index contributed by atoms with van der Waals surface area (Å²) in [6.07, 6.45) is 2.21. The number of nitrogens with zero attached hydrogens (tertiary/aromatic N) is 2. The Morgan fingerprint density at radius 2 is 1.83 bits per heavy atom. The van der Waals surface area contributed by atoms with E-state index in [0.29, 0.717) is 19.3 Å². The van der Waals surface area contributed by atoms with Gasteiger partial charge in [0.05, 0.1) is 23.4 Å². The topological polar surface area (TPSA) is 102 Å². The van der Waals surface area contributed by atoms with Crippen LogP contribution in [0.1, 0.15) is 64.0 Å². The van der Waals surface area contributed by atoms with Gasteiger partial charge in [-0.25, -0.2) is 21.5 Å². The Morgan fingerprint density at radius 3 is 2.38 bits per heavy atom.